The Kier molecular flexibility index (Phi) is 6.33. The van der Waals surface area contributed by atoms with Crippen LogP contribution >= 0.6 is 11.3 Å². The Labute approximate surface area is 196 Å². The highest BCUT2D eigenvalue weighted by Crippen LogP contribution is 2.30. The lowest BCUT2D eigenvalue weighted by Gasteiger charge is -2.24. The van der Waals surface area contributed by atoms with Gasteiger partial charge in [-0.05, 0) is 50.1 Å². The van der Waals surface area contributed by atoms with Gasteiger partial charge >= 0.3 is 5.97 Å². The quantitative estimate of drug-likeness (QED) is 0.548. The van der Waals surface area contributed by atoms with Gasteiger partial charge in [0.2, 0.25) is 0 Å². The predicted octanol–water partition coefficient (Wildman–Crippen LogP) is 3.17. The van der Waals surface area contributed by atoms with Crippen molar-refractivity contribution in [3.63, 3.8) is 0 Å². The summed E-state index contributed by atoms with van der Waals surface area (Å²) in [5.41, 5.74) is 4.76. The van der Waals surface area contributed by atoms with E-state index in [0.29, 0.717) is 20.6 Å². The van der Waals surface area contributed by atoms with E-state index >= 15 is 0 Å². The number of hydrogen-bond acceptors (Lipinski definition) is 6. The molecule has 0 N–H and O–H groups in total. The van der Waals surface area contributed by atoms with Crippen LogP contribution in [0.25, 0.3) is 6.08 Å². The summed E-state index contributed by atoms with van der Waals surface area (Å²) in [6, 6.07) is 15.3. The highest BCUT2D eigenvalue weighted by molar-refractivity contribution is 7.07. The van der Waals surface area contributed by atoms with Crippen LogP contribution in [-0.4, -0.2) is 31.2 Å². The Balaban J connectivity index is 1.90. The van der Waals surface area contributed by atoms with Crippen LogP contribution in [0.5, 0.6) is 0 Å². The fraction of sp³-hybridized carbons (Fsp3) is 0.269. The van der Waals surface area contributed by atoms with Crippen molar-refractivity contribution in [2.75, 3.05) is 25.6 Å². The molecule has 1 aromatic heterocycles. The van der Waals surface area contributed by atoms with E-state index in [9.17, 15) is 9.59 Å². The molecular formula is C26H27N3O3S. The number of aromatic nitrogens is 1. The molecule has 1 atom stereocenters. The number of rotatable bonds is 5. The molecule has 0 saturated carbocycles. The molecule has 0 bridgehead atoms. The fourth-order valence-corrected chi connectivity index (χ4v) is 4.92. The number of carbonyl (C=O) groups is 1. The van der Waals surface area contributed by atoms with Crippen LogP contribution in [0.4, 0.5) is 5.69 Å². The third-order valence-corrected chi connectivity index (χ3v) is 6.60. The van der Waals surface area contributed by atoms with E-state index in [2.05, 4.69) is 4.99 Å². The molecule has 1 unspecified atom stereocenters. The number of benzene rings is 2. The number of ether oxygens (including phenoxy) is 1. The van der Waals surface area contributed by atoms with Crippen LogP contribution in [0.2, 0.25) is 0 Å². The molecule has 1 aliphatic heterocycles. The smallest absolute Gasteiger partial charge is 0.338 e. The standard InChI is InChI=1S/C26H27N3O3S/c1-6-32-25(31)22-17(3)27-26-29(23(22)19-11-7-16(2)8-12-19)24(30)21(33-26)15-18-9-13-20(14-10-18)28(4)5/h7-15,23H,6H2,1-5H3. The lowest BCUT2D eigenvalue weighted by atomic mass is 9.95. The second-order valence-electron chi connectivity index (χ2n) is 8.20. The zero-order valence-electron chi connectivity index (χ0n) is 19.5. The highest BCUT2D eigenvalue weighted by atomic mass is 32.1. The summed E-state index contributed by atoms with van der Waals surface area (Å²) in [6.45, 7) is 5.82. The Morgan fingerprint density at radius 3 is 2.39 bits per heavy atom. The maximum absolute atomic E-state index is 13.6. The number of allylic oxidation sites excluding steroid dienone is 1. The van der Waals surface area contributed by atoms with Gasteiger partial charge in [0.1, 0.15) is 0 Å². The monoisotopic (exact) mass is 461 g/mol. The van der Waals surface area contributed by atoms with Crippen molar-refractivity contribution in [2.45, 2.75) is 26.8 Å². The lowest BCUT2D eigenvalue weighted by molar-refractivity contribution is -0.139. The van der Waals surface area contributed by atoms with Crippen LogP contribution in [0.1, 0.15) is 36.6 Å². The van der Waals surface area contributed by atoms with E-state index in [1.54, 1.807) is 18.4 Å². The molecular weight excluding hydrogens is 434 g/mol. The molecule has 1 aliphatic rings. The summed E-state index contributed by atoms with van der Waals surface area (Å²) >= 11 is 1.33. The molecule has 7 heteroatoms. The van der Waals surface area contributed by atoms with Crippen molar-refractivity contribution >= 4 is 29.1 Å². The lowest BCUT2D eigenvalue weighted by Crippen LogP contribution is -2.39. The first-order chi connectivity index (χ1) is 15.8. The van der Waals surface area contributed by atoms with Crippen LogP contribution < -0.4 is 19.8 Å². The van der Waals surface area contributed by atoms with Gasteiger partial charge in [-0.15, -0.1) is 0 Å². The van der Waals surface area contributed by atoms with Gasteiger partial charge in [0.15, 0.2) is 4.80 Å². The van der Waals surface area contributed by atoms with E-state index in [-0.39, 0.29) is 12.2 Å². The van der Waals surface area contributed by atoms with Crippen molar-refractivity contribution in [2.24, 2.45) is 4.99 Å². The van der Waals surface area contributed by atoms with Gasteiger partial charge in [-0.25, -0.2) is 9.79 Å². The normalized spacial score (nSPS) is 15.8. The van der Waals surface area contributed by atoms with Gasteiger partial charge in [0.05, 0.1) is 28.5 Å². The number of fused-ring (bicyclic) bond motifs is 1. The molecule has 2 aromatic carbocycles. The van der Waals surface area contributed by atoms with Crippen molar-refractivity contribution in [3.05, 3.63) is 96.2 Å². The Bertz CT molecular complexity index is 1390. The summed E-state index contributed by atoms with van der Waals surface area (Å²) in [6.07, 6.45) is 1.87. The number of esters is 1. The predicted molar refractivity (Wildman–Crippen MR) is 132 cm³/mol. The SMILES string of the molecule is CCOC(=O)C1=C(C)N=c2sc(=Cc3ccc(N(C)C)cc3)c(=O)n2C1c1ccc(C)cc1. The highest BCUT2D eigenvalue weighted by Gasteiger charge is 2.33. The fourth-order valence-electron chi connectivity index (χ4n) is 3.88. The average Bonchev–Trinajstić information content (AvgIpc) is 3.08. The summed E-state index contributed by atoms with van der Waals surface area (Å²) in [4.78, 5) is 33.7. The molecule has 170 valence electrons. The van der Waals surface area contributed by atoms with Gasteiger partial charge in [-0.2, -0.15) is 0 Å². The molecule has 3 aromatic rings. The number of thiazole rings is 1. The van der Waals surface area contributed by atoms with Crippen LogP contribution in [0, 0.1) is 6.92 Å². The van der Waals surface area contributed by atoms with Gasteiger partial charge < -0.3 is 9.64 Å². The molecule has 0 spiro atoms. The van der Waals surface area contributed by atoms with Gasteiger partial charge in [-0.1, -0.05) is 53.3 Å². The molecule has 4 rings (SSSR count). The molecule has 0 aliphatic carbocycles. The van der Waals surface area contributed by atoms with Crippen LogP contribution in [0.15, 0.2) is 69.6 Å². The number of aryl methyl sites for hydroxylation is 1. The molecule has 0 amide bonds. The van der Waals surface area contributed by atoms with Gasteiger partial charge in [0, 0.05) is 19.8 Å². The maximum Gasteiger partial charge on any atom is 0.338 e. The van der Waals surface area contributed by atoms with Crippen molar-refractivity contribution in [3.8, 4) is 0 Å². The van der Waals surface area contributed by atoms with Gasteiger partial charge in [0.25, 0.3) is 5.56 Å². The first-order valence-corrected chi connectivity index (χ1v) is 11.7. The Hall–Kier alpha value is -3.45. The number of anilines is 1. The third-order valence-electron chi connectivity index (χ3n) is 5.62. The van der Waals surface area contributed by atoms with E-state index in [1.807, 2.05) is 80.5 Å². The van der Waals surface area contributed by atoms with Crippen molar-refractivity contribution < 1.29 is 9.53 Å². The van der Waals surface area contributed by atoms with E-state index in [4.69, 9.17) is 4.74 Å². The summed E-state index contributed by atoms with van der Waals surface area (Å²) in [5.74, 6) is -0.446. The molecule has 2 heterocycles. The molecule has 0 saturated heterocycles. The van der Waals surface area contributed by atoms with Crippen molar-refractivity contribution in [1.82, 2.24) is 4.57 Å². The third kappa shape index (κ3) is 4.41. The minimum absolute atomic E-state index is 0.171. The molecule has 0 radical (unpaired) electrons. The topological polar surface area (TPSA) is 63.9 Å². The zero-order chi connectivity index (χ0) is 23.7. The number of hydrogen-bond donors (Lipinski definition) is 0. The maximum atomic E-state index is 13.6. The van der Waals surface area contributed by atoms with Crippen LogP contribution in [0.3, 0.4) is 0 Å². The van der Waals surface area contributed by atoms with E-state index < -0.39 is 12.0 Å². The second kappa shape index (κ2) is 9.19. The van der Waals surface area contributed by atoms with Crippen molar-refractivity contribution in [1.29, 1.82) is 0 Å². The Morgan fingerprint density at radius 1 is 1.12 bits per heavy atom. The minimum atomic E-state index is -0.584. The van der Waals surface area contributed by atoms with E-state index in [0.717, 1.165) is 22.4 Å². The first kappa shape index (κ1) is 22.7. The average molecular weight is 462 g/mol. The second-order valence-corrected chi connectivity index (χ2v) is 9.21. The summed E-state index contributed by atoms with van der Waals surface area (Å²) in [5, 5.41) is 0. The number of carbonyl (C=O) groups excluding carboxylic acids is 1. The van der Waals surface area contributed by atoms with E-state index in [1.165, 1.54) is 11.3 Å². The summed E-state index contributed by atoms with van der Waals surface area (Å²) in [7, 11) is 3.98. The largest absolute Gasteiger partial charge is 0.463 e. The minimum Gasteiger partial charge on any atom is -0.463 e. The summed E-state index contributed by atoms with van der Waals surface area (Å²) < 4.78 is 7.52. The van der Waals surface area contributed by atoms with Crippen LogP contribution in [-0.2, 0) is 9.53 Å². The molecule has 6 nitrogen and oxygen atoms in total. The Morgan fingerprint density at radius 2 is 1.79 bits per heavy atom. The molecule has 0 fully saturated rings. The number of nitrogens with zero attached hydrogens (tertiary/aromatic N) is 3. The first-order valence-electron chi connectivity index (χ1n) is 10.8. The van der Waals surface area contributed by atoms with Gasteiger partial charge in [-0.3, -0.25) is 9.36 Å². The zero-order valence-corrected chi connectivity index (χ0v) is 20.3. The molecule has 33 heavy (non-hydrogen) atoms.